The summed E-state index contributed by atoms with van der Waals surface area (Å²) in [6.07, 6.45) is 1.61. The molecule has 154 valence electrons. The van der Waals surface area contributed by atoms with E-state index in [9.17, 15) is 4.79 Å². The van der Waals surface area contributed by atoms with Crippen LogP contribution in [0.5, 0.6) is 17.2 Å². The number of hydrogen-bond donors (Lipinski definition) is 2. The van der Waals surface area contributed by atoms with E-state index in [2.05, 4.69) is 10.5 Å². The van der Waals surface area contributed by atoms with E-state index in [-0.39, 0.29) is 5.56 Å². The van der Waals surface area contributed by atoms with Gasteiger partial charge in [-0.15, -0.1) is 0 Å². The van der Waals surface area contributed by atoms with Crippen molar-refractivity contribution in [2.75, 3.05) is 19.6 Å². The van der Waals surface area contributed by atoms with Crippen molar-refractivity contribution in [1.29, 1.82) is 0 Å². The molecule has 3 rings (SSSR count). The smallest absolute Gasteiger partial charge is 0.335 e. The number of carbonyl (C=O) groups is 1. The number of nitrogens with zero attached hydrogens (tertiary/aromatic N) is 1. The zero-order chi connectivity index (χ0) is 21.3. The van der Waals surface area contributed by atoms with Gasteiger partial charge in [0, 0.05) is 5.56 Å². The average Bonchev–Trinajstić information content (AvgIpc) is 2.78. The van der Waals surface area contributed by atoms with E-state index in [0.29, 0.717) is 29.5 Å². The summed E-state index contributed by atoms with van der Waals surface area (Å²) in [5.74, 6) is 0.590. The molecule has 0 aliphatic carbocycles. The summed E-state index contributed by atoms with van der Waals surface area (Å²) in [5, 5.41) is 13.1. The highest BCUT2D eigenvalue weighted by molar-refractivity contribution is 5.88. The summed E-state index contributed by atoms with van der Waals surface area (Å²) in [5.41, 5.74) is 5.51. The predicted octanol–water partition coefficient (Wildman–Crippen LogP) is 4.43. The van der Waals surface area contributed by atoms with Crippen LogP contribution in [0.4, 0.5) is 5.69 Å². The molecule has 0 aliphatic heterocycles. The summed E-state index contributed by atoms with van der Waals surface area (Å²) in [4.78, 5) is 10.9. The summed E-state index contributed by atoms with van der Waals surface area (Å²) >= 11 is 0. The number of carboxylic acids is 1. The second-order valence-corrected chi connectivity index (χ2v) is 6.28. The van der Waals surface area contributed by atoms with E-state index < -0.39 is 5.97 Å². The van der Waals surface area contributed by atoms with Crippen LogP contribution in [0, 0.1) is 0 Å². The highest BCUT2D eigenvalue weighted by atomic mass is 16.5. The van der Waals surface area contributed by atoms with Gasteiger partial charge in [0.2, 0.25) is 5.75 Å². The number of carboxylic acid groups (broad SMARTS) is 1. The second kappa shape index (κ2) is 9.97. The third kappa shape index (κ3) is 5.29. The van der Waals surface area contributed by atoms with Gasteiger partial charge >= 0.3 is 5.97 Å². The summed E-state index contributed by atoms with van der Waals surface area (Å²) < 4.78 is 16.9. The van der Waals surface area contributed by atoms with Gasteiger partial charge in [0.1, 0.15) is 6.61 Å². The lowest BCUT2D eigenvalue weighted by atomic mass is 10.2. The number of rotatable bonds is 9. The molecule has 0 unspecified atom stereocenters. The van der Waals surface area contributed by atoms with E-state index in [1.807, 2.05) is 30.3 Å². The van der Waals surface area contributed by atoms with Crippen molar-refractivity contribution >= 4 is 17.9 Å². The van der Waals surface area contributed by atoms with Crippen LogP contribution in [0.2, 0.25) is 0 Å². The Morgan fingerprint density at radius 1 is 1.00 bits per heavy atom. The minimum absolute atomic E-state index is 0.213. The maximum atomic E-state index is 10.9. The highest BCUT2D eigenvalue weighted by Gasteiger charge is 2.14. The fourth-order valence-corrected chi connectivity index (χ4v) is 2.72. The van der Waals surface area contributed by atoms with Crippen molar-refractivity contribution in [1.82, 2.24) is 0 Å². The molecule has 0 heterocycles. The Labute approximate surface area is 174 Å². The fraction of sp³-hybridized carbons (Fsp3) is 0.130. The molecule has 7 nitrogen and oxygen atoms in total. The van der Waals surface area contributed by atoms with Crippen molar-refractivity contribution in [2.45, 2.75) is 6.61 Å². The number of methoxy groups -OCH3 is 2. The van der Waals surface area contributed by atoms with Crippen molar-refractivity contribution in [3.8, 4) is 17.2 Å². The van der Waals surface area contributed by atoms with Crippen molar-refractivity contribution < 1.29 is 24.1 Å². The fourth-order valence-electron chi connectivity index (χ4n) is 2.72. The number of aromatic carboxylic acids is 1. The van der Waals surface area contributed by atoms with Crippen molar-refractivity contribution in [3.63, 3.8) is 0 Å². The maximum absolute atomic E-state index is 10.9. The zero-order valence-corrected chi connectivity index (χ0v) is 16.7. The van der Waals surface area contributed by atoms with Gasteiger partial charge in [-0.1, -0.05) is 30.3 Å². The Morgan fingerprint density at radius 3 is 2.20 bits per heavy atom. The highest BCUT2D eigenvalue weighted by Crippen LogP contribution is 2.38. The Kier molecular flexibility index (Phi) is 6.89. The van der Waals surface area contributed by atoms with E-state index in [1.165, 1.54) is 12.1 Å². The van der Waals surface area contributed by atoms with Crippen molar-refractivity contribution in [2.24, 2.45) is 5.10 Å². The van der Waals surface area contributed by atoms with Gasteiger partial charge in [0.05, 0.1) is 31.7 Å². The van der Waals surface area contributed by atoms with Crippen LogP contribution in [0.3, 0.4) is 0 Å². The van der Waals surface area contributed by atoms with E-state index >= 15 is 0 Å². The summed E-state index contributed by atoms with van der Waals surface area (Å²) in [6, 6.07) is 19.7. The summed E-state index contributed by atoms with van der Waals surface area (Å²) in [7, 11) is 3.13. The molecule has 0 fully saturated rings. The van der Waals surface area contributed by atoms with Crippen LogP contribution in [0.25, 0.3) is 0 Å². The van der Waals surface area contributed by atoms with Gasteiger partial charge in [-0.05, 0) is 42.0 Å². The van der Waals surface area contributed by atoms with Crippen LogP contribution >= 0.6 is 0 Å². The van der Waals surface area contributed by atoms with Gasteiger partial charge in [0.25, 0.3) is 0 Å². The maximum Gasteiger partial charge on any atom is 0.335 e. The second-order valence-electron chi connectivity index (χ2n) is 6.28. The Morgan fingerprint density at radius 2 is 1.63 bits per heavy atom. The molecule has 0 aromatic heterocycles. The molecule has 0 radical (unpaired) electrons. The first-order valence-electron chi connectivity index (χ1n) is 9.16. The lowest BCUT2D eigenvalue weighted by Gasteiger charge is -2.15. The minimum atomic E-state index is -0.973. The topological polar surface area (TPSA) is 89.4 Å². The molecule has 0 saturated carbocycles. The van der Waals surface area contributed by atoms with E-state index in [4.69, 9.17) is 19.3 Å². The number of ether oxygens (including phenoxy) is 3. The van der Waals surface area contributed by atoms with Crippen molar-refractivity contribution in [3.05, 3.63) is 83.4 Å². The molecule has 0 amide bonds. The molecule has 3 aromatic rings. The standard InChI is InChI=1S/C23H22N2O5/c1-28-20-12-17(14-24-25-19-10-8-18(9-11-19)23(26)27)13-21(29-2)22(20)30-15-16-6-4-3-5-7-16/h3-14,25H,15H2,1-2H3,(H,26,27)/b24-14-. The molecule has 7 heteroatoms. The lowest BCUT2D eigenvalue weighted by molar-refractivity contribution is 0.0697. The SMILES string of the molecule is COc1cc(/C=N\Nc2ccc(C(=O)O)cc2)cc(OC)c1OCc1ccccc1. The van der Waals surface area contributed by atoms with E-state index in [0.717, 1.165) is 11.1 Å². The van der Waals surface area contributed by atoms with Crippen LogP contribution < -0.4 is 19.6 Å². The van der Waals surface area contributed by atoms with Gasteiger partial charge < -0.3 is 19.3 Å². The number of nitrogens with one attached hydrogen (secondary N) is 1. The Hall–Kier alpha value is -4.00. The Bertz CT molecular complexity index is 993. The molecule has 0 atom stereocenters. The number of hydrazone groups is 1. The molecule has 0 saturated heterocycles. The third-order valence-electron chi connectivity index (χ3n) is 4.25. The molecule has 0 aliphatic rings. The Balaban J connectivity index is 1.73. The van der Waals surface area contributed by atoms with Crippen LogP contribution in [-0.4, -0.2) is 31.5 Å². The van der Waals surface area contributed by atoms with Crippen LogP contribution in [-0.2, 0) is 6.61 Å². The quantitative estimate of drug-likeness (QED) is 0.404. The predicted molar refractivity (Wildman–Crippen MR) is 115 cm³/mol. The van der Waals surface area contributed by atoms with Gasteiger partial charge in [-0.3, -0.25) is 5.43 Å². The van der Waals surface area contributed by atoms with Gasteiger partial charge in [0.15, 0.2) is 11.5 Å². The summed E-state index contributed by atoms with van der Waals surface area (Å²) in [6.45, 7) is 0.384. The monoisotopic (exact) mass is 406 g/mol. The molecule has 30 heavy (non-hydrogen) atoms. The van der Waals surface area contributed by atoms with Crippen LogP contribution in [0.1, 0.15) is 21.5 Å². The number of anilines is 1. The van der Waals surface area contributed by atoms with Crippen LogP contribution in [0.15, 0.2) is 71.8 Å². The number of benzene rings is 3. The lowest BCUT2D eigenvalue weighted by Crippen LogP contribution is -2.01. The molecular weight excluding hydrogens is 384 g/mol. The van der Waals surface area contributed by atoms with Gasteiger partial charge in [-0.25, -0.2) is 4.79 Å². The average molecular weight is 406 g/mol. The first-order chi connectivity index (χ1) is 14.6. The minimum Gasteiger partial charge on any atom is -0.493 e. The molecular formula is C23H22N2O5. The molecule has 0 bridgehead atoms. The first-order valence-corrected chi connectivity index (χ1v) is 9.16. The van der Waals surface area contributed by atoms with E-state index in [1.54, 1.807) is 44.7 Å². The third-order valence-corrected chi connectivity index (χ3v) is 4.25. The zero-order valence-electron chi connectivity index (χ0n) is 16.7. The largest absolute Gasteiger partial charge is 0.493 e. The molecule has 2 N–H and O–H groups in total. The first kappa shape index (κ1) is 20.7. The molecule has 0 spiro atoms. The normalized spacial score (nSPS) is 10.6. The number of hydrogen-bond acceptors (Lipinski definition) is 6. The molecule has 3 aromatic carbocycles. The van der Waals surface area contributed by atoms with Gasteiger partial charge in [-0.2, -0.15) is 5.10 Å².